The number of Topliss-reactive ketones (excluding diaryl/α,β-unsaturated/α-hetero) is 1. The van der Waals surface area contributed by atoms with Crippen molar-refractivity contribution < 1.29 is 14.3 Å². The summed E-state index contributed by atoms with van der Waals surface area (Å²) in [4.78, 5) is 23.4. The van der Waals surface area contributed by atoms with Gasteiger partial charge in [-0.2, -0.15) is 0 Å². The molecule has 17 heavy (non-hydrogen) atoms. The predicted octanol–water partition coefficient (Wildman–Crippen LogP) is 2.82. The van der Waals surface area contributed by atoms with Crippen LogP contribution in [0.5, 0.6) is 0 Å². The first kappa shape index (κ1) is 11.8. The van der Waals surface area contributed by atoms with E-state index >= 15 is 0 Å². The number of esters is 1. The van der Waals surface area contributed by atoms with Gasteiger partial charge in [0, 0.05) is 5.56 Å². The number of ketones is 1. The van der Waals surface area contributed by atoms with Crippen molar-refractivity contribution >= 4 is 11.8 Å². The minimum Gasteiger partial charge on any atom is -0.453 e. The van der Waals surface area contributed by atoms with Crippen molar-refractivity contribution in [3.63, 3.8) is 0 Å². The second-order valence-electron chi connectivity index (χ2n) is 5.15. The Morgan fingerprint density at radius 3 is 2.59 bits per heavy atom. The summed E-state index contributed by atoms with van der Waals surface area (Å²) >= 11 is 0. The number of ether oxygens (including phenoxy) is 1. The van der Waals surface area contributed by atoms with E-state index in [0.29, 0.717) is 5.56 Å². The van der Waals surface area contributed by atoms with Crippen molar-refractivity contribution in [1.82, 2.24) is 0 Å². The van der Waals surface area contributed by atoms with Gasteiger partial charge < -0.3 is 4.74 Å². The molecule has 2 rings (SSSR count). The third-order valence-corrected chi connectivity index (χ3v) is 3.50. The number of fused-ring (bicyclic) bond motifs is 1. The Morgan fingerprint density at radius 1 is 1.35 bits per heavy atom. The van der Waals surface area contributed by atoms with Crippen molar-refractivity contribution in [1.29, 1.82) is 0 Å². The van der Waals surface area contributed by atoms with Gasteiger partial charge in [0.1, 0.15) is 11.9 Å². The van der Waals surface area contributed by atoms with Crippen LogP contribution in [0.25, 0.3) is 0 Å². The third kappa shape index (κ3) is 1.75. The number of carbonyl (C=O) groups excluding carboxylic acids is 2. The van der Waals surface area contributed by atoms with Crippen LogP contribution in [0.1, 0.15) is 48.4 Å². The van der Waals surface area contributed by atoms with Gasteiger partial charge in [-0.15, -0.1) is 0 Å². The highest BCUT2D eigenvalue weighted by Crippen LogP contribution is 2.43. The normalized spacial score (nSPS) is 18.8. The van der Waals surface area contributed by atoms with Crippen LogP contribution in [0, 0.1) is 12.3 Å². The largest absolute Gasteiger partial charge is 0.453 e. The lowest BCUT2D eigenvalue weighted by molar-refractivity contribution is -0.130. The summed E-state index contributed by atoms with van der Waals surface area (Å²) in [6, 6.07) is 5.57. The number of carbonyl (C=O) groups is 2. The molecule has 1 aromatic rings. The SMILES string of the molecule is CC(=O)C(C)(C)C1OC(=O)c2ccc(C)cc21. The fourth-order valence-corrected chi connectivity index (χ4v) is 2.04. The molecule has 1 aromatic carbocycles. The van der Waals surface area contributed by atoms with Crippen molar-refractivity contribution in [2.45, 2.75) is 33.8 Å². The summed E-state index contributed by atoms with van der Waals surface area (Å²) in [5.74, 6) is -0.316. The average molecular weight is 232 g/mol. The van der Waals surface area contributed by atoms with E-state index in [4.69, 9.17) is 4.74 Å². The molecule has 0 saturated heterocycles. The van der Waals surface area contributed by atoms with Crippen LogP contribution in [0.2, 0.25) is 0 Å². The molecule has 0 spiro atoms. The van der Waals surface area contributed by atoms with Gasteiger partial charge in [-0.1, -0.05) is 17.7 Å². The van der Waals surface area contributed by atoms with Crippen LogP contribution in [-0.2, 0) is 9.53 Å². The fourth-order valence-electron chi connectivity index (χ4n) is 2.04. The Labute approximate surface area is 101 Å². The maximum atomic E-state index is 11.7. The van der Waals surface area contributed by atoms with Crippen molar-refractivity contribution in [2.24, 2.45) is 5.41 Å². The molecule has 1 heterocycles. The molecular formula is C14H16O3. The lowest BCUT2D eigenvalue weighted by atomic mass is 9.79. The van der Waals surface area contributed by atoms with Crippen LogP contribution in [0.4, 0.5) is 0 Å². The van der Waals surface area contributed by atoms with Crippen LogP contribution in [0.15, 0.2) is 18.2 Å². The van der Waals surface area contributed by atoms with Gasteiger partial charge in [-0.05, 0) is 33.8 Å². The second-order valence-corrected chi connectivity index (χ2v) is 5.15. The Bertz CT molecular complexity index is 500. The Morgan fingerprint density at radius 2 is 2.00 bits per heavy atom. The molecule has 3 heteroatoms. The topological polar surface area (TPSA) is 43.4 Å². The van der Waals surface area contributed by atoms with Crippen LogP contribution in [-0.4, -0.2) is 11.8 Å². The van der Waals surface area contributed by atoms with Gasteiger partial charge >= 0.3 is 5.97 Å². The van der Waals surface area contributed by atoms with E-state index in [9.17, 15) is 9.59 Å². The van der Waals surface area contributed by atoms with E-state index in [1.54, 1.807) is 6.07 Å². The average Bonchev–Trinajstić information content (AvgIpc) is 2.56. The molecule has 0 aliphatic carbocycles. The monoisotopic (exact) mass is 232 g/mol. The fraction of sp³-hybridized carbons (Fsp3) is 0.429. The summed E-state index contributed by atoms with van der Waals surface area (Å²) in [5, 5.41) is 0. The first-order valence-electron chi connectivity index (χ1n) is 5.66. The van der Waals surface area contributed by atoms with Crippen molar-refractivity contribution in [3.05, 3.63) is 34.9 Å². The standard InChI is InChI=1S/C14H16O3/c1-8-5-6-10-11(7-8)12(17-13(10)16)14(3,4)9(2)15/h5-7,12H,1-4H3. The molecule has 1 atom stereocenters. The smallest absolute Gasteiger partial charge is 0.339 e. The number of rotatable bonds is 2. The highest BCUT2D eigenvalue weighted by atomic mass is 16.5. The van der Waals surface area contributed by atoms with Crippen LogP contribution < -0.4 is 0 Å². The zero-order chi connectivity index (χ0) is 12.8. The zero-order valence-corrected chi connectivity index (χ0v) is 10.5. The maximum Gasteiger partial charge on any atom is 0.339 e. The first-order valence-corrected chi connectivity index (χ1v) is 5.66. The minimum atomic E-state index is -0.686. The molecule has 1 unspecified atom stereocenters. The lowest BCUT2D eigenvalue weighted by Gasteiger charge is -2.28. The van der Waals surface area contributed by atoms with E-state index in [1.165, 1.54) is 6.92 Å². The quantitative estimate of drug-likeness (QED) is 0.736. The minimum absolute atomic E-state index is 0.0182. The Hall–Kier alpha value is -1.64. The molecule has 0 saturated carbocycles. The molecule has 0 N–H and O–H groups in total. The van der Waals surface area contributed by atoms with E-state index in [2.05, 4.69) is 0 Å². The van der Waals surface area contributed by atoms with Crippen LogP contribution in [0.3, 0.4) is 0 Å². The highest BCUT2D eigenvalue weighted by molar-refractivity contribution is 5.95. The van der Waals surface area contributed by atoms with Gasteiger partial charge in [-0.3, -0.25) is 4.79 Å². The van der Waals surface area contributed by atoms with E-state index < -0.39 is 11.5 Å². The molecule has 1 aliphatic heterocycles. The summed E-state index contributed by atoms with van der Waals surface area (Å²) in [6.07, 6.45) is -0.470. The molecule has 0 amide bonds. The van der Waals surface area contributed by atoms with Crippen molar-refractivity contribution in [2.75, 3.05) is 0 Å². The molecule has 3 nitrogen and oxygen atoms in total. The Balaban J connectivity index is 2.53. The Kier molecular flexibility index (Phi) is 2.57. The van der Waals surface area contributed by atoms with E-state index in [0.717, 1.165) is 11.1 Å². The number of aryl methyl sites for hydroxylation is 1. The summed E-state index contributed by atoms with van der Waals surface area (Å²) in [5.41, 5.74) is 1.78. The van der Waals surface area contributed by atoms with Gasteiger partial charge in [0.05, 0.1) is 11.0 Å². The summed E-state index contributed by atoms with van der Waals surface area (Å²) in [6.45, 7) is 7.11. The van der Waals surface area contributed by atoms with Gasteiger partial charge in [0.2, 0.25) is 0 Å². The molecule has 0 bridgehead atoms. The summed E-state index contributed by atoms with van der Waals surface area (Å²) in [7, 11) is 0. The zero-order valence-electron chi connectivity index (χ0n) is 10.5. The first-order chi connectivity index (χ1) is 7.84. The van der Waals surface area contributed by atoms with Crippen LogP contribution >= 0.6 is 0 Å². The number of hydrogen-bond acceptors (Lipinski definition) is 3. The third-order valence-electron chi connectivity index (χ3n) is 3.50. The molecule has 1 aliphatic rings. The number of cyclic esters (lactones) is 1. The molecule has 0 aromatic heterocycles. The van der Waals surface area contributed by atoms with Gasteiger partial charge in [0.15, 0.2) is 0 Å². The summed E-state index contributed by atoms with van der Waals surface area (Å²) < 4.78 is 5.35. The predicted molar refractivity (Wildman–Crippen MR) is 63.8 cm³/mol. The number of benzene rings is 1. The van der Waals surface area contributed by atoms with E-state index in [1.807, 2.05) is 32.9 Å². The molecule has 0 fully saturated rings. The highest BCUT2D eigenvalue weighted by Gasteiger charge is 2.44. The molecule has 0 radical (unpaired) electrons. The maximum absolute atomic E-state index is 11.7. The molecular weight excluding hydrogens is 216 g/mol. The number of hydrogen-bond donors (Lipinski definition) is 0. The second kappa shape index (κ2) is 3.69. The van der Waals surface area contributed by atoms with Gasteiger partial charge in [-0.25, -0.2) is 4.79 Å². The lowest BCUT2D eigenvalue weighted by Crippen LogP contribution is -2.29. The van der Waals surface area contributed by atoms with Crippen molar-refractivity contribution in [3.8, 4) is 0 Å². The van der Waals surface area contributed by atoms with E-state index in [-0.39, 0.29) is 11.8 Å². The molecule has 90 valence electrons. The van der Waals surface area contributed by atoms with Gasteiger partial charge in [0.25, 0.3) is 0 Å².